The van der Waals surface area contributed by atoms with E-state index in [-0.39, 0.29) is 36.9 Å². The van der Waals surface area contributed by atoms with E-state index in [1.807, 2.05) is 13.8 Å². The number of pyridine rings is 1. The van der Waals surface area contributed by atoms with E-state index in [0.717, 1.165) is 6.42 Å². The highest BCUT2D eigenvalue weighted by atomic mass is 19.1. The van der Waals surface area contributed by atoms with Gasteiger partial charge in [-0.3, -0.25) is 14.4 Å². The molecule has 2 aromatic rings. The molecule has 0 fully saturated rings. The molecule has 2 rings (SSSR count). The highest BCUT2D eigenvalue weighted by molar-refractivity contribution is 6.01. The highest BCUT2D eigenvalue weighted by Crippen LogP contribution is 2.17. The van der Waals surface area contributed by atoms with Gasteiger partial charge in [0.15, 0.2) is 0 Å². The van der Waals surface area contributed by atoms with Gasteiger partial charge < -0.3 is 15.5 Å². The third kappa shape index (κ3) is 7.98. The van der Waals surface area contributed by atoms with Crippen LogP contribution in [-0.4, -0.2) is 35.8 Å². The first-order valence-corrected chi connectivity index (χ1v) is 9.88. The first kappa shape index (κ1) is 23.0. The number of carbonyl (C=O) groups is 3. The molecule has 0 unspecified atom stereocenters. The number of carbonyl (C=O) groups excluding carboxylic acids is 3. The molecule has 0 aliphatic carbocycles. The number of amides is 3. The van der Waals surface area contributed by atoms with Crippen LogP contribution < -0.4 is 15.5 Å². The number of nitrogens with one attached hydrogen (secondary N) is 2. The number of benzene rings is 1. The van der Waals surface area contributed by atoms with E-state index in [2.05, 4.69) is 15.6 Å². The summed E-state index contributed by atoms with van der Waals surface area (Å²) in [6, 6.07) is 10.6. The number of rotatable bonds is 10. The van der Waals surface area contributed by atoms with Gasteiger partial charge in [-0.1, -0.05) is 26.0 Å². The zero-order valence-electron chi connectivity index (χ0n) is 17.2. The molecular weight excluding hydrogens is 387 g/mol. The molecule has 30 heavy (non-hydrogen) atoms. The largest absolute Gasteiger partial charge is 0.355 e. The predicted molar refractivity (Wildman–Crippen MR) is 113 cm³/mol. The van der Waals surface area contributed by atoms with Crippen molar-refractivity contribution in [3.8, 4) is 0 Å². The standard InChI is InChI=1S/C22H27FN4O3/c1-16(2)11-13-25-21(29)15-27(18-7-5-6-17(23)14-18)22(30)10-9-20(28)26-19-8-3-4-12-24-19/h3-8,12,14,16H,9-11,13,15H2,1-2H3,(H,25,29)(H,24,26,28). The van der Waals surface area contributed by atoms with Gasteiger partial charge in [0.1, 0.15) is 18.2 Å². The zero-order valence-corrected chi connectivity index (χ0v) is 17.2. The van der Waals surface area contributed by atoms with E-state index in [1.54, 1.807) is 30.5 Å². The lowest BCUT2D eigenvalue weighted by Gasteiger charge is -2.22. The molecule has 0 radical (unpaired) electrons. The Morgan fingerprint density at radius 1 is 1.07 bits per heavy atom. The molecular formula is C22H27FN4O3. The van der Waals surface area contributed by atoms with Crippen LogP contribution in [-0.2, 0) is 14.4 Å². The number of hydrogen-bond donors (Lipinski definition) is 2. The van der Waals surface area contributed by atoms with Gasteiger partial charge in [0.05, 0.1) is 0 Å². The highest BCUT2D eigenvalue weighted by Gasteiger charge is 2.20. The summed E-state index contributed by atoms with van der Waals surface area (Å²) in [5.41, 5.74) is 0.268. The molecule has 3 amide bonds. The maximum absolute atomic E-state index is 13.7. The molecule has 0 saturated heterocycles. The number of anilines is 2. The second-order valence-electron chi connectivity index (χ2n) is 7.26. The van der Waals surface area contributed by atoms with Crippen molar-refractivity contribution in [2.24, 2.45) is 5.92 Å². The number of hydrogen-bond acceptors (Lipinski definition) is 4. The SMILES string of the molecule is CC(C)CCNC(=O)CN(C(=O)CCC(=O)Nc1ccccn1)c1cccc(F)c1. The van der Waals surface area contributed by atoms with Crippen LogP contribution in [0.2, 0.25) is 0 Å². The Labute approximate surface area is 175 Å². The third-order valence-corrected chi connectivity index (χ3v) is 4.26. The maximum Gasteiger partial charge on any atom is 0.240 e. The van der Waals surface area contributed by atoms with Crippen molar-refractivity contribution in [3.05, 3.63) is 54.5 Å². The average Bonchev–Trinajstić information content (AvgIpc) is 2.70. The minimum atomic E-state index is -0.515. The van der Waals surface area contributed by atoms with Crippen LogP contribution in [0.3, 0.4) is 0 Å². The number of aromatic nitrogens is 1. The smallest absolute Gasteiger partial charge is 0.240 e. The fraction of sp³-hybridized carbons (Fsp3) is 0.364. The van der Waals surface area contributed by atoms with Crippen molar-refractivity contribution in [3.63, 3.8) is 0 Å². The molecule has 0 bridgehead atoms. The number of halogens is 1. The molecule has 0 saturated carbocycles. The van der Waals surface area contributed by atoms with E-state index < -0.39 is 11.7 Å². The van der Waals surface area contributed by atoms with Crippen molar-refractivity contribution in [1.29, 1.82) is 0 Å². The maximum atomic E-state index is 13.7. The van der Waals surface area contributed by atoms with Crippen LogP contribution in [0, 0.1) is 11.7 Å². The van der Waals surface area contributed by atoms with Gasteiger partial charge in [0.25, 0.3) is 0 Å². The minimum Gasteiger partial charge on any atom is -0.355 e. The molecule has 1 heterocycles. The van der Waals surface area contributed by atoms with E-state index in [1.165, 1.54) is 23.1 Å². The fourth-order valence-corrected chi connectivity index (χ4v) is 2.66. The van der Waals surface area contributed by atoms with Crippen molar-refractivity contribution >= 4 is 29.2 Å². The monoisotopic (exact) mass is 414 g/mol. The van der Waals surface area contributed by atoms with Crippen LogP contribution in [0.5, 0.6) is 0 Å². The topological polar surface area (TPSA) is 91.4 Å². The molecule has 1 aromatic heterocycles. The molecule has 0 spiro atoms. The Balaban J connectivity index is 1.99. The van der Waals surface area contributed by atoms with Crippen LogP contribution in [0.25, 0.3) is 0 Å². The molecule has 8 heteroatoms. The molecule has 160 valence electrons. The summed E-state index contributed by atoms with van der Waals surface area (Å²) in [5, 5.41) is 5.37. The molecule has 0 aliphatic heterocycles. The lowest BCUT2D eigenvalue weighted by Crippen LogP contribution is -2.41. The van der Waals surface area contributed by atoms with E-state index in [9.17, 15) is 18.8 Å². The van der Waals surface area contributed by atoms with Gasteiger partial charge in [0.2, 0.25) is 17.7 Å². The van der Waals surface area contributed by atoms with Crippen molar-refractivity contribution in [1.82, 2.24) is 10.3 Å². The second kappa shape index (κ2) is 11.6. The van der Waals surface area contributed by atoms with E-state index in [4.69, 9.17) is 0 Å². The van der Waals surface area contributed by atoms with Crippen molar-refractivity contribution in [2.75, 3.05) is 23.3 Å². The van der Waals surface area contributed by atoms with Crippen LogP contribution in [0.1, 0.15) is 33.1 Å². The van der Waals surface area contributed by atoms with E-state index >= 15 is 0 Å². The van der Waals surface area contributed by atoms with Crippen LogP contribution in [0.15, 0.2) is 48.7 Å². The molecule has 7 nitrogen and oxygen atoms in total. The Morgan fingerprint density at radius 3 is 2.53 bits per heavy atom. The van der Waals surface area contributed by atoms with Crippen LogP contribution >= 0.6 is 0 Å². The fourth-order valence-electron chi connectivity index (χ4n) is 2.66. The summed E-state index contributed by atoms with van der Waals surface area (Å²) in [6.07, 6.45) is 2.14. The van der Waals surface area contributed by atoms with Crippen molar-refractivity contribution < 1.29 is 18.8 Å². The molecule has 1 aromatic carbocycles. The summed E-state index contributed by atoms with van der Waals surface area (Å²) < 4.78 is 13.7. The lowest BCUT2D eigenvalue weighted by molar-refractivity contribution is -0.125. The molecule has 0 aliphatic rings. The summed E-state index contributed by atoms with van der Waals surface area (Å²) in [4.78, 5) is 42.3. The number of nitrogens with zero attached hydrogens (tertiary/aromatic N) is 2. The van der Waals surface area contributed by atoms with Gasteiger partial charge in [-0.15, -0.1) is 0 Å². The first-order valence-electron chi connectivity index (χ1n) is 9.88. The van der Waals surface area contributed by atoms with Gasteiger partial charge >= 0.3 is 0 Å². The van der Waals surface area contributed by atoms with Crippen molar-refractivity contribution in [2.45, 2.75) is 33.1 Å². The summed E-state index contributed by atoms with van der Waals surface area (Å²) in [5.74, 6) is -0.853. The Kier molecular flexibility index (Phi) is 8.93. The Morgan fingerprint density at radius 2 is 1.87 bits per heavy atom. The van der Waals surface area contributed by atoms with E-state index in [0.29, 0.717) is 18.3 Å². The normalized spacial score (nSPS) is 10.5. The molecule has 0 atom stereocenters. The Hall–Kier alpha value is -3.29. The third-order valence-electron chi connectivity index (χ3n) is 4.26. The Bertz CT molecular complexity index is 858. The summed E-state index contributed by atoms with van der Waals surface area (Å²) in [6.45, 7) is 4.34. The van der Waals surface area contributed by atoms with Crippen LogP contribution in [0.4, 0.5) is 15.9 Å². The first-order chi connectivity index (χ1) is 14.3. The zero-order chi connectivity index (χ0) is 21.9. The quantitative estimate of drug-likeness (QED) is 0.625. The van der Waals surface area contributed by atoms with Gasteiger partial charge in [-0.25, -0.2) is 9.37 Å². The molecule has 2 N–H and O–H groups in total. The predicted octanol–water partition coefficient (Wildman–Crippen LogP) is 3.13. The summed E-state index contributed by atoms with van der Waals surface area (Å²) in [7, 11) is 0. The minimum absolute atomic E-state index is 0.0871. The second-order valence-corrected chi connectivity index (χ2v) is 7.26. The van der Waals surface area contributed by atoms with Gasteiger partial charge in [0, 0.05) is 31.3 Å². The van der Waals surface area contributed by atoms with Gasteiger partial charge in [-0.2, -0.15) is 0 Å². The average molecular weight is 414 g/mol. The van der Waals surface area contributed by atoms with Gasteiger partial charge in [-0.05, 0) is 42.7 Å². The lowest BCUT2D eigenvalue weighted by atomic mass is 10.1. The summed E-state index contributed by atoms with van der Waals surface area (Å²) >= 11 is 0.